The number of aryl methyl sites for hydroxylation is 1. The number of azide groups is 1. The predicted octanol–water partition coefficient (Wildman–Crippen LogP) is 5.51. The summed E-state index contributed by atoms with van der Waals surface area (Å²) in [5, 5.41) is 15.5. The number of aliphatic hydroxyl groups is 1. The van der Waals surface area contributed by atoms with Crippen LogP contribution >= 0.6 is 0 Å². The molecule has 3 aromatic rings. The summed E-state index contributed by atoms with van der Waals surface area (Å²) in [6, 6.07) is 17.5. The standard InChI is InChI=1S/C28H33N5O4/c1-36-23-10-11-26-24(16-23)21(12-14-30-26)8-5-9-22-13-15-33(18-25(22)27(34)17-31-32-29)28(35)37-19-20-6-3-2-4-7-20/h2-4,6-7,10-12,14,16,22,25,27,34H,5,8-9,13,15,17-19H2,1H3/t22-,25+,27?/m1/s1. The number of aromatic nitrogens is 1. The highest BCUT2D eigenvalue weighted by Crippen LogP contribution is 2.32. The van der Waals surface area contributed by atoms with E-state index in [4.69, 9.17) is 15.0 Å². The van der Waals surface area contributed by atoms with Crippen molar-refractivity contribution in [3.63, 3.8) is 0 Å². The third-order valence-corrected chi connectivity index (χ3v) is 7.16. The lowest BCUT2D eigenvalue weighted by atomic mass is 9.78. The van der Waals surface area contributed by atoms with Crippen LogP contribution in [0.5, 0.6) is 5.75 Å². The maximum Gasteiger partial charge on any atom is 0.410 e. The van der Waals surface area contributed by atoms with Crippen LogP contribution < -0.4 is 4.74 Å². The summed E-state index contributed by atoms with van der Waals surface area (Å²) in [5.74, 6) is 0.803. The highest BCUT2D eigenvalue weighted by molar-refractivity contribution is 5.83. The van der Waals surface area contributed by atoms with Gasteiger partial charge in [-0.1, -0.05) is 35.4 Å². The monoisotopic (exact) mass is 503 g/mol. The van der Waals surface area contributed by atoms with E-state index in [0.29, 0.717) is 13.1 Å². The van der Waals surface area contributed by atoms with E-state index in [0.717, 1.165) is 47.9 Å². The van der Waals surface area contributed by atoms with Crippen molar-refractivity contribution in [3.05, 3.63) is 82.4 Å². The zero-order chi connectivity index (χ0) is 26.0. The van der Waals surface area contributed by atoms with Gasteiger partial charge in [-0.15, -0.1) is 0 Å². The molecule has 1 aliphatic heterocycles. The van der Waals surface area contributed by atoms with E-state index in [1.54, 1.807) is 12.0 Å². The molecule has 1 unspecified atom stereocenters. The Morgan fingerprint density at radius 1 is 1.27 bits per heavy atom. The minimum atomic E-state index is -0.823. The number of amides is 1. The molecule has 0 spiro atoms. The second-order valence-corrected chi connectivity index (χ2v) is 9.42. The van der Waals surface area contributed by atoms with Crippen LogP contribution in [0.2, 0.25) is 0 Å². The predicted molar refractivity (Wildman–Crippen MR) is 141 cm³/mol. The summed E-state index contributed by atoms with van der Waals surface area (Å²) < 4.78 is 10.9. The average molecular weight is 504 g/mol. The molecule has 1 fully saturated rings. The van der Waals surface area contributed by atoms with Crippen molar-refractivity contribution < 1.29 is 19.4 Å². The van der Waals surface area contributed by atoms with Crippen LogP contribution in [0.3, 0.4) is 0 Å². The number of rotatable bonds is 10. The SMILES string of the molecule is COc1ccc2nccc(CCC[C@@H]3CCN(C(=O)OCc4ccccc4)C[C@@H]3C(O)CN=[N+]=[N-])c2c1. The van der Waals surface area contributed by atoms with Gasteiger partial charge in [0.05, 0.1) is 25.3 Å². The van der Waals surface area contributed by atoms with Gasteiger partial charge in [0.25, 0.3) is 0 Å². The van der Waals surface area contributed by atoms with Gasteiger partial charge in [-0.2, -0.15) is 0 Å². The fraction of sp³-hybridized carbons (Fsp3) is 0.429. The van der Waals surface area contributed by atoms with Gasteiger partial charge in [-0.3, -0.25) is 4.98 Å². The summed E-state index contributed by atoms with van der Waals surface area (Å²) in [5.41, 5.74) is 11.8. The molecule has 9 nitrogen and oxygen atoms in total. The zero-order valence-corrected chi connectivity index (χ0v) is 21.1. The van der Waals surface area contributed by atoms with E-state index in [1.165, 1.54) is 5.56 Å². The molecule has 0 saturated carbocycles. The van der Waals surface area contributed by atoms with Gasteiger partial charge < -0.3 is 19.5 Å². The molecule has 2 heterocycles. The lowest BCUT2D eigenvalue weighted by molar-refractivity contribution is 0.00929. The number of fused-ring (bicyclic) bond motifs is 1. The molecule has 0 aliphatic carbocycles. The third-order valence-electron chi connectivity index (χ3n) is 7.16. The fourth-order valence-corrected chi connectivity index (χ4v) is 5.14. The van der Waals surface area contributed by atoms with Crippen LogP contribution in [0, 0.1) is 11.8 Å². The number of methoxy groups -OCH3 is 1. The Morgan fingerprint density at radius 3 is 2.89 bits per heavy atom. The lowest BCUT2D eigenvalue weighted by Crippen LogP contribution is -2.48. The van der Waals surface area contributed by atoms with E-state index < -0.39 is 6.10 Å². The van der Waals surface area contributed by atoms with Crippen LogP contribution in [0.25, 0.3) is 21.3 Å². The van der Waals surface area contributed by atoms with Gasteiger partial charge in [0.1, 0.15) is 12.4 Å². The molecule has 1 saturated heterocycles. The van der Waals surface area contributed by atoms with Crippen molar-refractivity contribution >= 4 is 17.0 Å². The first-order valence-corrected chi connectivity index (χ1v) is 12.6. The molecule has 0 bridgehead atoms. The largest absolute Gasteiger partial charge is 0.497 e. The summed E-state index contributed by atoms with van der Waals surface area (Å²) in [4.78, 5) is 21.7. The van der Waals surface area contributed by atoms with Crippen LogP contribution in [-0.2, 0) is 17.8 Å². The molecule has 9 heteroatoms. The average Bonchev–Trinajstić information content (AvgIpc) is 2.95. The number of nitrogens with zero attached hydrogens (tertiary/aromatic N) is 5. The number of pyridine rings is 1. The van der Waals surface area contributed by atoms with Crippen molar-refractivity contribution in [1.29, 1.82) is 0 Å². The van der Waals surface area contributed by atoms with Crippen LogP contribution in [0.1, 0.15) is 30.4 Å². The van der Waals surface area contributed by atoms with Gasteiger partial charge in [0, 0.05) is 35.5 Å². The summed E-state index contributed by atoms with van der Waals surface area (Å²) in [6.07, 6.45) is 4.05. The van der Waals surface area contributed by atoms with E-state index in [1.807, 2.05) is 60.8 Å². The number of ether oxygens (including phenoxy) is 2. The zero-order valence-electron chi connectivity index (χ0n) is 21.1. The Labute approximate surface area is 216 Å². The molecule has 4 rings (SSSR count). The number of hydrogen-bond donors (Lipinski definition) is 1. The highest BCUT2D eigenvalue weighted by Gasteiger charge is 2.35. The van der Waals surface area contributed by atoms with Crippen LogP contribution in [0.15, 0.2) is 65.9 Å². The first-order valence-electron chi connectivity index (χ1n) is 12.6. The van der Waals surface area contributed by atoms with Crippen molar-refractivity contribution in [2.24, 2.45) is 17.0 Å². The van der Waals surface area contributed by atoms with E-state index in [9.17, 15) is 9.90 Å². The number of aliphatic hydroxyl groups excluding tert-OH is 1. The minimum absolute atomic E-state index is 0.0145. The molecule has 0 radical (unpaired) electrons. The lowest BCUT2D eigenvalue weighted by Gasteiger charge is -2.40. The molecule has 1 aromatic heterocycles. The number of piperidine rings is 1. The second-order valence-electron chi connectivity index (χ2n) is 9.42. The Hall–Kier alpha value is -3.81. The topological polar surface area (TPSA) is 121 Å². The molecular weight excluding hydrogens is 470 g/mol. The Kier molecular flexibility index (Phi) is 9.18. The maximum atomic E-state index is 12.8. The Balaban J connectivity index is 1.38. The molecule has 1 aliphatic rings. The van der Waals surface area contributed by atoms with Crippen molar-refractivity contribution in [2.75, 3.05) is 26.7 Å². The summed E-state index contributed by atoms with van der Waals surface area (Å²) in [6.45, 7) is 1.13. The van der Waals surface area contributed by atoms with Gasteiger partial charge in [0.15, 0.2) is 0 Å². The van der Waals surface area contributed by atoms with Crippen LogP contribution in [0.4, 0.5) is 4.79 Å². The first kappa shape index (κ1) is 26.3. The Morgan fingerprint density at radius 2 is 2.11 bits per heavy atom. The minimum Gasteiger partial charge on any atom is -0.497 e. The van der Waals surface area contributed by atoms with Crippen molar-refractivity contribution in [3.8, 4) is 5.75 Å². The van der Waals surface area contributed by atoms with Gasteiger partial charge in [-0.05, 0) is 72.5 Å². The fourth-order valence-electron chi connectivity index (χ4n) is 5.14. The van der Waals surface area contributed by atoms with Crippen LogP contribution in [-0.4, -0.2) is 53.9 Å². The summed E-state index contributed by atoms with van der Waals surface area (Å²) >= 11 is 0. The number of carbonyl (C=O) groups excluding carboxylic acids is 1. The van der Waals surface area contributed by atoms with Gasteiger partial charge in [-0.25, -0.2) is 4.79 Å². The molecular formula is C28H33N5O4. The Bertz CT molecular complexity index is 1230. The molecule has 1 N–H and O–H groups in total. The normalized spacial score (nSPS) is 18.2. The van der Waals surface area contributed by atoms with E-state index in [-0.39, 0.29) is 31.1 Å². The van der Waals surface area contributed by atoms with Crippen molar-refractivity contribution in [1.82, 2.24) is 9.88 Å². The molecule has 37 heavy (non-hydrogen) atoms. The summed E-state index contributed by atoms with van der Waals surface area (Å²) in [7, 11) is 1.66. The molecule has 1 amide bonds. The number of benzene rings is 2. The molecule has 3 atom stereocenters. The first-order chi connectivity index (χ1) is 18.1. The van der Waals surface area contributed by atoms with E-state index >= 15 is 0 Å². The second kappa shape index (κ2) is 12.9. The highest BCUT2D eigenvalue weighted by atomic mass is 16.6. The van der Waals surface area contributed by atoms with Crippen molar-refractivity contribution in [2.45, 2.75) is 38.4 Å². The number of carbonyl (C=O) groups is 1. The van der Waals surface area contributed by atoms with Gasteiger partial charge >= 0.3 is 6.09 Å². The molecule has 194 valence electrons. The number of hydrogen-bond acceptors (Lipinski definition) is 6. The van der Waals surface area contributed by atoms with E-state index in [2.05, 4.69) is 15.0 Å². The third kappa shape index (κ3) is 6.90. The van der Waals surface area contributed by atoms with Gasteiger partial charge in [0.2, 0.25) is 0 Å². The smallest absolute Gasteiger partial charge is 0.410 e. The number of likely N-dealkylation sites (tertiary alicyclic amines) is 1. The quantitative estimate of drug-likeness (QED) is 0.222. The maximum absolute atomic E-state index is 12.8. The molecule has 2 aromatic carbocycles.